The molecule has 2 amide bonds. The summed E-state index contributed by atoms with van der Waals surface area (Å²) in [5.74, 6) is 2.17. The molecule has 0 aliphatic carbocycles. The first-order chi connectivity index (χ1) is 13.2. The van der Waals surface area contributed by atoms with E-state index in [0.29, 0.717) is 28.0 Å². The molecule has 4 aromatic rings. The van der Waals surface area contributed by atoms with Crippen LogP contribution in [0.5, 0.6) is 0 Å². The first-order valence-corrected chi connectivity index (χ1v) is 9.90. The summed E-state index contributed by atoms with van der Waals surface area (Å²) in [6.45, 7) is 2.02. The SMILES string of the molecule is CCc1cnc(CSc2cnc(NC(=O)Nc3ccc4n[nH]nc4c3)s2)o1. The summed E-state index contributed by atoms with van der Waals surface area (Å²) < 4.78 is 6.54. The van der Waals surface area contributed by atoms with Crippen molar-refractivity contribution in [3.8, 4) is 0 Å². The zero-order valence-electron chi connectivity index (χ0n) is 14.2. The molecular weight excluding hydrogens is 386 g/mol. The summed E-state index contributed by atoms with van der Waals surface area (Å²) in [5, 5.41) is 16.5. The number of thiazole rings is 1. The lowest BCUT2D eigenvalue weighted by atomic mass is 10.3. The van der Waals surface area contributed by atoms with Gasteiger partial charge in [-0.1, -0.05) is 18.3 Å². The van der Waals surface area contributed by atoms with Gasteiger partial charge >= 0.3 is 6.03 Å². The molecule has 3 heterocycles. The number of nitrogens with zero attached hydrogens (tertiary/aromatic N) is 4. The average molecular weight is 401 g/mol. The highest BCUT2D eigenvalue weighted by atomic mass is 32.2. The Morgan fingerprint density at radius 1 is 1.22 bits per heavy atom. The van der Waals surface area contributed by atoms with Gasteiger partial charge in [0.15, 0.2) is 5.13 Å². The van der Waals surface area contributed by atoms with Crippen LogP contribution in [0, 0.1) is 0 Å². The molecule has 4 rings (SSSR count). The molecule has 0 atom stereocenters. The van der Waals surface area contributed by atoms with Gasteiger partial charge in [0.25, 0.3) is 0 Å². The van der Waals surface area contributed by atoms with Crippen LogP contribution in [0.3, 0.4) is 0 Å². The number of amides is 2. The number of carbonyl (C=O) groups excluding carboxylic acids is 1. The molecule has 3 N–H and O–H groups in total. The van der Waals surface area contributed by atoms with E-state index >= 15 is 0 Å². The second-order valence-electron chi connectivity index (χ2n) is 5.45. The summed E-state index contributed by atoms with van der Waals surface area (Å²) >= 11 is 2.95. The van der Waals surface area contributed by atoms with Crippen LogP contribution in [0.15, 0.2) is 39.2 Å². The minimum absolute atomic E-state index is 0.371. The number of rotatable bonds is 6. The molecule has 0 aliphatic rings. The molecule has 27 heavy (non-hydrogen) atoms. The summed E-state index contributed by atoms with van der Waals surface area (Å²) in [4.78, 5) is 20.6. The van der Waals surface area contributed by atoms with E-state index in [9.17, 15) is 4.79 Å². The van der Waals surface area contributed by atoms with E-state index in [1.165, 1.54) is 11.3 Å². The third-order valence-corrected chi connectivity index (χ3v) is 5.66. The smallest absolute Gasteiger partial charge is 0.325 e. The van der Waals surface area contributed by atoms with Crippen molar-refractivity contribution < 1.29 is 9.21 Å². The first kappa shape index (κ1) is 17.5. The van der Waals surface area contributed by atoms with Crippen molar-refractivity contribution >= 4 is 51.0 Å². The summed E-state index contributed by atoms with van der Waals surface area (Å²) in [7, 11) is 0. The van der Waals surface area contributed by atoms with Crippen LogP contribution < -0.4 is 10.6 Å². The first-order valence-electron chi connectivity index (χ1n) is 8.10. The molecule has 9 nitrogen and oxygen atoms in total. The largest absolute Gasteiger partial charge is 0.445 e. The van der Waals surface area contributed by atoms with Crippen molar-refractivity contribution in [1.29, 1.82) is 0 Å². The van der Waals surface area contributed by atoms with Crippen molar-refractivity contribution in [2.75, 3.05) is 10.6 Å². The Bertz CT molecular complexity index is 1070. The van der Waals surface area contributed by atoms with Crippen molar-refractivity contribution in [3.05, 3.63) is 42.2 Å². The van der Waals surface area contributed by atoms with Crippen molar-refractivity contribution in [2.24, 2.45) is 0 Å². The van der Waals surface area contributed by atoms with Gasteiger partial charge in [0.1, 0.15) is 16.8 Å². The van der Waals surface area contributed by atoms with E-state index in [4.69, 9.17) is 4.42 Å². The predicted octanol–water partition coefficient (Wildman–Crippen LogP) is 3.90. The van der Waals surface area contributed by atoms with Gasteiger partial charge in [-0.05, 0) is 18.2 Å². The van der Waals surface area contributed by atoms with Gasteiger partial charge in [-0.3, -0.25) is 5.32 Å². The number of thioether (sulfide) groups is 1. The van der Waals surface area contributed by atoms with Gasteiger partial charge in [0.05, 0.1) is 22.4 Å². The number of oxazole rings is 1. The molecular formula is C16H15N7O2S2. The molecule has 0 saturated carbocycles. The zero-order valence-corrected chi connectivity index (χ0v) is 15.9. The number of aryl methyl sites for hydroxylation is 1. The molecule has 1 aromatic carbocycles. The minimum Gasteiger partial charge on any atom is -0.445 e. The highest BCUT2D eigenvalue weighted by Crippen LogP contribution is 2.30. The zero-order chi connectivity index (χ0) is 18.6. The van der Waals surface area contributed by atoms with E-state index in [0.717, 1.165) is 21.9 Å². The second-order valence-corrected chi connectivity index (χ2v) is 7.76. The highest BCUT2D eigenvalue weighted by molar-refractivity contribution is 8.00. The molecule has 0 bridgehead atoms. The Kier molecular flexibility index (Phi) is 5.03. The second kappa shape index (κ2) is 7.76. The fourth-order valence-corrected chi connectivity index (χ4v) is 3.99. The standard InChI is InChI=1S/C16H15N7O2S2/c1-2-10-6-17-13(25-10)8-26-14-7-18-16(27-14)20-15(24)19-9-3-4-11-12(5-9)22-23-21-11/h3-7H,2,8H2,1H3,(H,21,22,23)(H2,18,19,20,24). The van der Waals surface area contributed by atoms with Crippen LogP contribution in [0.1, 0.15) is 18.6 Å². The lowest BCUT2D eigenvalue weighted by molar-refractivity contribution is 0.262. The molecule has 0 aliphatic heterocycles. The average Bonchev–Trinajstić information content (AvgIpc) is 3.40. The lowest BCUT2D eigenvalue weighted by Gasteiger charge is -2.04. The summed E-state index contributed by atoms with van der Waals surface area (Å²) in [6.07, 6.45) is 4.29. The number of benzene rings is 1. The molecule has 0 fully saturated rings. The number of carbonyl (C=O) groups is 1. The number of hydrogen-bond donors (Lipinski definition) is 3. The van der Waals surface area contributed by atoms with Gasteiger partial charge in [-0.25, -0.2) is 14.8 Å². The number of anilines is 2. The Hall–Kier alpha value is -2.92. The number of hydrogen-bond acceptors (Lipinski definition) is 8. The van der Waals surface area contributed by atoms with Gasteiger partial charge < -0.3 is 9.73 Å². The topological polar surface area (TPSA) is 122 Å². The maximum Gasteiger partial charge on any atom is 0.325 e. The van der Waals surface area contributed by atoms with Gasteiger partial charge in [0.2, 0.25) is 5.89 Å². The Morgan fingerprint density at radius 2 is 2.11 bits per heavy atom. The molecule has 0 radical (unpaired) electrons. The number of aromatic nitrogens is 5. The maximum atomic E-state index is 12.1. The van der Waals surface area contributed by atoms with Gasteiger partial charge in [-0.15, -0.1) is 11.8 Å². The number of H-pyrrole nitrogens is 1. The Balaban J connectivity index is 1.32. The van der Waals surface area contributed by atoms with Crippen molar-refractivity contribution in [3.63, 3.8) is 0 Å². The molecule has 138 valence electrons. The van der Waals surface area contributed by atoms with Crippen molar-refractivity contribution in [2.45, 2.75) is 23.3 Å². The van der Waals surface area contributed by atoms with Crippen molar-refractivity contribution in [1.82, 2.24) is 25.4 Å². The monoisotopic (exact) mass is 401 g/mol. The van der Waals surface area contributed by atoms with E-state index < -0.39 is 0 Å². The summed E-state index contributed by atoms with van der Waals surface area (Å²) in [6, 6.07) is 4.90. The van der Waals surface area contributed by atoms with Crippen LogP contribution in [0.25, 0.3) is 11.0 Å². The number of urea groups is 1. The number of fused-ring (bicyclic) bond motifs is 1. The maximum absolute atomic E-state index is 12.1. The summed E-state index contributed by atoms with van der Waals surface area (Å²) in [5.41, 5.74) is 2.04. The lowest BCUT2D eigenvalue weighted by Crippen LogP contribution is -2.19. The van der Waals surface area contributed by atoms with Gasteiger partial charge in [-0.2, -0.15) is 15.4 Å². The van der Waals surface area contributed by atoms with Crippen LogP contribution in [0.2, 0.25) is 0 Å². The van der Waals surface area contributed by atoms with E-state index in [1.807, 2.05) is 6.92 Å². The molecule has 0 unspecified atom stereocenters. The third-order valence-electron chi connectivity index (χ3n) is 3.57. The molecule has 0 saturated heterocycles. The highest BCUT2D eigenvalue weighted by Gasteiger charge is 2.10. The molecule has 11 heteroatoms. The predicted molar refractivity (Wildman–Crippen MR) is 104 cm³/mol. The quantitative estimate of drug-likeness (QED) is 0.419. The number of nitrogens with one attached hydrogen (secondary N) is 3. The van der Waals surface area contributed by atoms with Crippen LogP contribution in [-0.4, -0.2) is 31.4 Å². The fourth-order valence-electron chi connectivity index (χ4n) is 2.27. The fraction of sp³-hybridized carbons (Fsp3) is 0.188. The Morgan fingerprint density at radius 3 is 2.96 bits per heavy atom. The van der Waals surface area contributed by atoms with Crippen LogP contribution in [0.4, 0.5) is 15.6 Å². The van der Waals surface area contributed by atoms with Crippen LogP contribution >= 0.6 is 23.1 Å². The van der Waals surface area contributed by atoms with E-state index in [1.54, 1.807) is 42.4 Å². The van der Waals surface area contributed by atoms with Gasteiger partial charge in [0, 0.05) is 12.1 Å². The third kappa shape index (κ3) is 4.26. The minimum atomic E-state index is -0.371. The normalized spacial score (nSPS) is 11.0. The number of aromatic amines is 1. The van der Waals surface area contributed by atoms with E-state index in [-0.39, 0.29) is 6.03 Å². The molecule has 0 spiro atoms. The van der Waals surface area contributed by atoms with E-state index in [2.05, 4.69) is 36.0 Å². The molecule has 3 aromatic heterocycles. The van der Waals surface area contributed by atoms with Crippen LogP contribution in [-0.2, 0) is 12.2 Å². The Labute approximate surface area is 162 Å².